The molecule has 52 heavy (non-hydrogen) atoms. The number of aliphatic carboxylic acids is 1. The lowest BCUT2D eigenvalue weighted by molar-refractivity contribution is -0.275. The Morgan fingerprint density at radius 2 is 1.10 bits per heavy atom. The third kappa shape index (κ3) is 10.3. The Balaban J connectivity index is 1.49. The van der Waals surface area contributed by atoms with Crippen LogP contribution in [0.4, 0.5) is 26.3 Å². The standard InChI is InChI=1S/C40H32F6O6/c1-3-26(23-49-33-18-19-36(25(2)20-33)50-24-37(47)48)38(29-14-10-27(11-15-29)31-6-4-8-34(21-31)51-39(41,42)43)30-16-12-28(13-17-30)32-7-5-9-35(22-32)52-40(44,45)46/h4-22H,3,23-24H2,1-2H3,(H,47,48). The van der Waals surface area contributed by atoms with E-state index < -0.39 is 25.3 Å². The van der Waals surface area contributed by atoms with E-state index in [0.29, 0.717) is 45.7 Å². The molecule has 0 fully saturated rings. The van der Waals surface area contributed by atoms with Crippen LogP contribution in [-0.2, 0) is 4.79 Å². The van der Waals surface area contributed by atoms with Crippen LogP contribution in [0.1, 0.15) is 30.0 Å². The maximum atomic E-state index is 12.8. The predicted molar refractivity (Wildman–Crippen MR) is 183 cm³/mol. The van der Waals surface area contributed by atoms with Crippen molar-refractivity contribution in [3.63, 3.8) is 0 Å². The Kier molecular flexibility index (Phi) is 11.5. The normalized spacial score (nSPS) is 11.5. The zero-order chi connectivity index (χ0) is 37.5. The summed E-state index contributed by atoms with van der Waals surface area (Å²) in [6, 6.07) is 30.9. The van der Waals surface area contributed by atoms with Gasteiger partial charge in [-0.25, -0.2) is 4.79 Å². The first kappa shape index (κ1) is 37.3. The summed E-state index contributed by atoms with van der Waals surface area (Å²) < 4.78 is 96.7. The van der Waals surface area contributed by atoms with Gasteiger partial charge in [-0.05, 0) is 106 Å². The van der Waals surface area contributed by atoms with Crippen LogP contribution in [-0.4, -0.2) is 37.0 Å². The van der Waals surface area contributed by atoms with Crippen molar-refractivity contribution < 1.29 is 55.2 Å². The number of hydrogen-bond acceptors (Lipinski definition) is 5. The van der Waals surface area contributed by atoms with Crippen molar-refractivity contribution in [1.29, 1.82) is 0 Å². The maximum absolute atomic E-state index is 12.8. The molecule has 0 bridgehead atoms. The molecular formula is C40H32F6O6. The highest BCUT2D eigenvalue weighted by Gasteiger charge is 2.32. The Morgan fingerprint density at radius 1 is 0.596 bits per heavy atom. The molecule has 0 aliphatic carbocycles. The summed E-state index contributed by atoms with van der Waals surface area (Å²) in [5.74, 6) is -0.843. The second-order valence-corrected chi connectivity index (χ2v) is 11.5. The molecule has 0 heterocycles. The molecule has 0 saturated carbocycles. The Bertz CT molecular complexity index is 1930. The van der Waals surface area contributed by atoms with Gasteiger partial charge in [0, 0.05) is 0 Å². The van der Waals surface area contributed by atoms with Crippen molar-refractivity contribution in [2.45, 2.75) is 33.0 Å². The summed E-state index contributed by atoms with van der Waals surface area (Å²) in [7, 11) is 0. The summed E-state index contributed by atoms with van der Waals surface area (Å²) in [6.45, 7) is 3.42. The number of aryl methyl sites for hydroxylation is 1. The highest BCUT2D eigenvalue weighted by molar-refractivity contribution is 5.84. The number of carbonyl (C=O) groups is 1. The molecule has 0 aliphatic heterocycles. The van der Waals surface area contributed by atoms with Crippen molar-refractivity contribution in [3.8, 4) is 45.3 Å². The van der Waals surface area contributed by atoms with Gasteiger partial charge >= 0.3 is 18.7 Å². The Morgan fingerprint density at radius 3 is 1.52 bits per heavy atom. The zero-order valence-corrected chi connectivity index (χ0v) is 27.8. The molecule has 12 heteroatoms. The highest BCUT2D eigenvalue weighted by atomic mass is 19.4. The van der Waals surface area contributed by atoms with Gasteiger partial charge in [0.15, 0.2) is 6.61 Å². The summed E-state index contributed by atoms with van der Waals surface area (Å²) in [5.41, 5.74) is 6.32. The molecule has 0 unspecified atom stereocenters. The number of rotatable bonds is 13. The van der Waals surface area contributed by atoms with Gasteiger partial charge in [0.25, 0.3) is 0 Å². The lowest BCUT2D eigenvalue weighted by Crippen LogP contribution is -2.17. The number of alkyl halides is 6. The predicted octanol–water partition coefficient (Wildman–Crippen LogP) is 10.9. The van der Waals surface area contributed by atoms with Crippen LogP contribution in [0.25, 0.3) is 27.8 Å². The molecule has 270 valence electrons. The van der Waals surface area contributed by atoms with Crippen LogP contribution in [0.15, 0.2) is 121 Å². The van der Waals surface area contributed by atoms with E-state index in [2.05, 4.69) is 9.47 Å². The number of carboxylic acid groups (broad SMARTS) is 1. The maximum Gasteiger partial charge on any atom is 0.573 e. The monoisotopic (exact) mass is 722 g/mol. The third-order valence-corrected chi connectivity index (χ3v) is 7.84. The second kappa shape index (κ2) is 16.0. The fourth-order valence-corrected chi connectivity index (χ4v) is 5.51. The van der Waals surface area contributed by atoms with Crippen LogP contribution in [0, 0.1) is 6.92 Å². The van der Waals surface area contributed by atoms with E-state index in [-0.39, 0.29) is 18.1 Å². The van der Waals surface area contributed by atoms with Crippen LogP contribution < -0.4 is 18.9 Å². The van der Waals surface area contributed by atoms with Gasteiger partial charge < -0.3 is 24.1 Å². The minimum absolute atomic E-state index is 0.164. The summed E-state index contributed by atoms with van der Waals surface area (Å²) in [5, 5.41) is 8.94. The summed E-state index contributed by atoms with van der Waals surface area (Å²) in [6.07, 6.45) is -9.10. The molecule has 1 N–H and O–H groups in total. The van der Waals surface area contributed by atoms with E-state index >= 15 is 0 Å². The van der Waals surface area contributed by atoms with Gasteiger partial charge in [0.2, 0.25) is 0 Å². The number of ether oxygens (including phenoxy) is 4. The number of carboxylic acids is 1. The minimum atomic E-state index is -4.83. The molecule has 6 nitrogen and oxygen atoms in total. The lowest BCUT2D eigenvalue weighted by Gasteiger charge is -2.18. The molecule has 0 aromatic heterocycles. The van der Waals surface area contributed by atoms with E-state index in [9.17, 15) is 31.1 Å². The third-order valence-electron chi connectivity index (χ3n) is 7.84. The molecule has 5 rings (SSSR count). The van der Waals surface area contributed by atoms with Gasteiger partial charge in [0.05, 0.1) is 0 Å². The van der Waals surface area contributed by atoms with Crippen LogP contribution >= 0.6 is 0 Å². The minimum Gasteiger partial charge on any atom is -0.489 e. The average molecular weight is 723 g/mol. The number of halogens is 6. The topological polar surface area (TPSA) is 74.2 Å². The van der Waals surface area contributed by atoms with E-state index in [1.807, 2.05) is 31.2 Å². The van der Waals surface area contributed by atoms with Crippen LogP contribution in [0.3, 0.4) is 0 Å². The van der Waals surface area contributed by atoms with Crippen molar-refractivity contribution in [3.05, 3.63) is 138 Å². The van der Waals surface area contributed by atoms with Crippen LogP contribution in [0.2, 0.25) is 0 Å². The largest absolute Gasteiger partial charge is 0.573 e. The average Bonchev–Trinajstić information content (AvgIpc) is 3.08. The van der Waals surface area contributed by atoms with E-state index in [1.165, 1.54) is 36.4 Å². The molecule has 5 aromatic carbocycles. The summed E-state index contributed by atoms with van der Waals surface area (Å²) in [4.78, 5) is 10.9. The SMILES string of the molecule is CCC(COc1ccc(OCC(=O)O)c(C)c1)=C(c1ccc(-c2cccc(OC(F)(F)F)c2)cc1)c1ccc(-c2cccc(OC(F)(F)F)c2)cc1. The fourth-order valence-electron chi connectivity index (χ4n) is 5.51. The molecule has 0 amide bonds. The highest BCUT2D eigenvalue weighted by Crippen LogP contribution is 2.35. The summed E-state index contributed by atoms with van der Waals surface area (Å²) >= 11 is 0. The second-order valence-electron chi connectivity index (χ2n) is 11.5. The van der Waals surface area contributed by atoms with E-state index in [1.54, 1.807) is 61.5 Å². The van der Waals surface area contributed by atoms with Crippen molar-refractivity contribution in [2.75, 3.05) is 13.2 Å². The molecule has 0 atom stereocenters. The van der Waals surface area contributed by atoms with Gasteiger partial charge in [-0.1, -0.05) is 79.7 Å². The zero-order valence-electron chi connectivity index (χ0n) is 27.8. The van der Waals surface area contributed by atoms with Gasteiger partial charge in [-0.2, -0.15) is 0 Å². The molecule has 5 aromatic rings. The first-order chi connectivity index (χ1) is 24.7. The van der Waals surface area contributed by atoms with Gasteiger partial charge in [0.1, 0.15) is 29.6 Å². The molecule has 0 radical (unpaired) electrons. The number of benzene rings is 5. The quantitative estimate of drug-likeness (QED) is 0.122. The van der Waals surface area contributed by atoms with E-state index in [4.69, 9.17) is 14.6 Å². The Hall–Kier alpha value is -5.91. The van der Waals surface area contributed by atoms with Crippen molar-refractivity contribution >= 4 is 11.5 Å². The van der Waals surface area contributed by atoms with Crippen molar-refractivity contribution in [2.24, 2.45) is 0 Å². The fraction of sp³-hybridized carbons (Fsp3) is 0.175. The van der Waals surface area contributed by atoms with Crippen molar-refractivity contribution in [1.82, 2.24) is 0 Å². The van der Waals surface area contributed by atoms with Gasteiger partial charge in [-0.15, -0.1) is 26.3 Å². The first-order valence-electron chi connectivity index (χ1n) is 15.9. The first-order valence-corrected chi connectivity index (χ1v) is 15.9. The lowest BCUT2D eigenvalue weighted by atomic mass is 9.90. The van der Waals surface area contributed by atoms with Gasteiger partial charge in [-0.3, -0.25) is 0 Å². The Labute approximate surface area is 295 Å². The van der Waals surface area contributed by atoms with E-state index in [0.717, 1.165) is 22.3 Å². The smallest absolute Gasteiger partial charge is 0.489 e. The van der Waals surface area contributed by atoms with Crippen LogP contribution in [0.5, 0.6) is 23.0 Å². The molecular weight excluding hydrogens is 690 g/mol. The molecule has 0 aliphatic rings. The number of hydrogen-bond donors (Lipinski definition) is 1. The molecule has 0 saturated heterocycles. The molecule has 0 spiro atoms.